The molecule has 0 amide bonds. The normalized spacial score (nSPS) is 10.2. The van der Waals surface area contributed by atoms with Crippen molar-refractivity contribution in [1.29, 1.82) is 0 Å². The third-order valence-electron chi connectivity index (χ3n) is 1.12. The fourth-order valence-corrected chi connectivity index (χ4v) is 0. The second kappa shape index (κ2) is 32.3. The van der Waals surface area contributed by atoms with Crippen molar-refractivity contribution >= 4 is 5.97 Å². The van der Waals surface area contributed by atoms with Gasteiger partial charge in [0.25, 0.3) is 17.8 Å². The Morgan fingerprint density at radius 3 is 0.730 bits per heavy atom. The van der Waals surface area contributed by atoms with Crippen LogP contribution in [-0.2, 0) is 4.79 Å². The predicted octanol–water partition coefficient (Wildman–Crippen LogP) is 8.79. The third-order valence-corrected chi connectivity index (χ3v) is 1.12. The number of rotatable bonds is 4. The Labute approximate surface area is 207 Å². The molecule has 0 radical (unpaired) electrons. The van der Waals surface area contributed by atoms with Crippen molar-refractivity contribution in [2.45, 2.75) is 78.1 Å². The van der Waals surface area contributed by atoms with E-state index in [0.717, 1.165) is 13.8 Å². The van der Waals surface area contributed by atoms with E-state index in [9.17, 15) is 75.0 Å². The monoisotopic (exact) mass is 608 g/mol. The summed E-state index contributed by atoms with van der Waals surface area (Å²) in [4.78, 5) is 9.27. The Balaban J connectivity index is -0.0000000314. The van der Waals surface area contributed by atoms with Crippen molar-refractivity contribution < 1.29 is 88.1 Å². The molecule has 0 fully saturated rings. The quantitative estimate of drug-likeness (QED) is 0.314. The minimum atomic E-state index is -3.58. The minimum Gasteiger partial charge on any atom is -0.477 e. The molecule has 19 heteroatoms. The lowest BCUT2D eigenvalue weighted by Crippen LogP contribution is -2.22. The number of aliphatic hydroxyl groups is 1. The summed E-state index contributed by atoms with van der Waals surface area (Å²) >= 11 is 0. The summed E-state index contributed by atoms with van der Waals surface area (Å²) in [5.74, 6) is -14.8. The fraction of sp³-hybridized carbons (Fsp3) is 0.944. The van der Waals surface area contributed by atoms with Gasteiger partial charge in [-0.25, -0.2) is 57.5 Å². The Morgan fingerprint density at radius 1 is 0.649 bits per heavy atom. The lowest BCUT2D eigenvalue weighted by Gasteiger charge is -2.01. The number of halogens is 16. The van der Waals surface area contributed by atoms with Crippen LogP contribution in [0.4, 0.5) is 70.2 Å². The van der Waals surface area contributed by atoms with Crippen molar-refractivity contribution in [1.82, 2.24) is 0 Å². The maximum Gasteiger partial charge on any atom is 0.374 e. The number of alkyl halides is 16. The van der Waals surface area contributed by atoms with E-state index >= 15 is 0 Å². The van der Waals surface area contributed by atoms with Crippen LogP contribution in [0.15, 0.2) is 0 Å². The van der Waals surface area contributed by atoms with Crippen LogP contribution in [0.25, 0.3) is 0 Å². The predicted molar refractivity (Wildman–Crippen MR) is 111 cm³/mol. The molecule has 2 N–H and O–H groups in total. The summed E-state index contributed by atoms with van der Waals surface area (Å²) in [6.07, 6.45) is -4.33. The van der Waals surface area contributed by atoms with Gasteiger partial charge in [0.2, 0.25) is 12.9 Å². The van der Waals surface area contributed by atoms with Crippen LogP contribution in [0.1, 0.15) is 44.4 Å². The largest absolute Gasteiger partial charge is 0.477 e. The second-order valence-electron chi connectivity index (χ2n) is 5.87. The lowest BCUT2D eigenvalue weighted by atomic mass is 10.4. The zero-order valence-electron chi connectivity index (χ0n) is 21.1. The van der Waals surface area contributed by atoms with Crippen molar-refractivity contribution in [2.24, 2.45) is 0 Å². The van der Waals surface area contributed by atoms with Gasteiger partial charge in [0.05, 0.1) is 14.4 Å². The molecule has 0 spiro atoms. The Kier molecular flexibility index (Phi) is 48.7. The van der Waals surface area contributed by atoms with Crippen LogP contribution in [-0.4, -0.2) is 87.0 Å². The summed E-state index contributed by atoms with van der Waals surface area (Å²) in [5, 5.41) is 15.2. The number of carbonyl (C=O) groups is 1. The molecule has 0 aromatic heterocycles. The molecule has 0 aromatic rings. The summed E-state index contributed by atoms with van der Waals surface area (Å²) < 4.78 is 171. The molecule has 0 heterocycles. The average Bonchev–Trinajstić information content (AvgIpc) is 2.69. The standard InChI is InChI=1S/2C3H5F3.C3H4F2O2.C3H6F2O.2C2H4F2.2CH3F.2H2/c2*1-3(5,6)2-4;1-3(4,5)2(6)7;1-3(4,5)2-6;2*1-2(3)4;2*1-2;;/h2*2H2,1H3;1H3,(H,6,7);6H,2H2,1H3;2*2H,1H3;2*1H3;2*1H/i;;;;;;;;2*1+1. The molecule has 0 aliphatic carbocycles. The Hall–Kier alpha value is -1.69. The molecule has 0 saturated heterocycles. The molecule has 3 nitrogen and oxygen atoms in total. The van der Waals surface area contributed by atoms with Crippen molar-refractivity contribution in [2.75, 3.05) is 34.3 Å². The van der Waals surface area contributed by atoms with Gasteiger partial charge in [-0.2, -0.15) is 8.78 Å². The number of hydrogen-bond acceptors (Lipinski definition) is 2. The Morgan fingerprint density at radius 2 is 0.730 bits per heavy atom. The zero-order valence-corrected chi connectivity index (χ0v) is 21.1. The van der Waals surface area contributed by atoms with Gasteiger partial charge < -0.3 is 10.2 Å². The highest BCUT2D eigenvalue weighted by atomic mass is 19.3. The van der Waals surface area contributed by atoms with E-state index in [1.807, 2.05) is 0 Å². The summed E-state index contributed by atoms with van der Waals surface area (Å²) in [5.41, 5.74) is 0. The first-order valence-electron chi connectivity index (χ1n) is 8.88. The number of aliphatic hydroxyl groups excluding tert-OH is 1. The van der Waals surface area contributed by atoms with E-state index < -0.39 is 62.5 Å². The molecule has 0 saturated carbocycles. The molecule has 0 aromatic carbocycles. The number of carboxylic acid groups (broad SMARTS) is 1. The van der Waals surface area contributed by atoms with Crippen LogP contribution >= 0.6 is 0 Å². The van der Waals surface area contributed by atoms with Gasteiger partial charge >= 0.3 is 11.9 Å². The van der Waals surface area contributed by atoms with Gasteiger partial charge in [-0.3, -0.25) is 8.78 Å². The minimum absolute atomic E-state index is 0. The fourth-order valence-electron chi connectivity index (χ4n) is 0. The second-order valence-corrected chi connectivity index (χ2v) is 5.87. The van der Waals surface area contributed by atoms with Crippen molar-refractivity contribution in [3.05, 3.63) is 0 Å². The Bertz CT molecular complexity index is 382. The SMILES string of the molecule is CC(F)(F)C(=O)O.CC(F)(F)CF.CC(F)(F)CF.CC(F)(F)CO.CC(F)F.CC(F)F.CF.CF.[2HH].[2HH]. The highest BCUT2D eigenvalue weighted by Gasteiger charge is 2.31. The summed E-state index contributed by atoms with van der Waals surface area (Å²) in [7, 11) is 1.00. The number of aliphatic carboxylic acids is 1. The van der Waals surface area contributed by atoms with Crippen LogP contribution in [0.2, 0.25) is 0 Å². The molecule has 240 valence electrons. The molecular formula is C18H38F16O3. The summed E-state index contributed by atoms with van der Waals surface area (Å²) in [6.45, 7) is -0.463. The van der Waals surface area contributed by atoms with Gasteiger partial charge in [-0.1, -0.05) is 0 Å². The number of carboxylic acids is 1. The first kappa shape index (κ1) is 55.7. The van der Waals surface area contributed by atoms with Crippen LogP contribution in [0, 0.1) is 0 Å². The van der Waals surface area contributed by atoms with E-state index in [2.05, 4.69) is 0 Å². The van der Waals surface area contributed by atoms with Gasteiger partial charge in [-0.05, 0) is 13.8 Å². The molecule has 0 rings (SSSR count). The van der Waals surface area contributed by atoms with Gasteiger partial charge in [0.15, 0.2) is 13.3 Å². The molecule has 0 aliphatic rings. The third kappa shape index (κ3) is 202. The molecule has 37 heavy (non-hydrogen) atoms. The highest BCUT2D eigenvalue weighted by Crippen LogP contribution is 2.11. The van der Waals surface area contributed by atoms with E-state index in [4.69, 9.17) is 10.2 Å². The first-order valence-corrected chi connectivity index (χ1v) is 8.88. The topological polar surface area (TPSA) is 57.5 Å². The van der Waals surface area contributed by atoms with E-state index in [0.29, 0.717) is 42.0 Å². The van der Waals surface area contributed by atoms with E-state index in [-0.39, 0.29) is 2.85 Å². The van der Waals surface area contributed by atoms with Crippen LogP contribution < -0.4 is 0 Å². The smallest absolute Gasteiger partial charge is 0.374 e. The van der Waals surface area contributed by atoms with Crippen LogP contribution in [0.5, 0.6) is 0 Å². The molecule has 0 bridgehead atoms. The van der Waals surface area contributed by atoms with Crippen molar-refractivity contribution in [3.8, 4) is 0 Å². The molecule has 0 atom stereocenters. The molecule has 0 unspecified atom stereocenters. The van der Waals surface area contributed by atoms with Gasteiger partial charge in [0.1, 0.15) is 6.61 Å². The van der Waals surface area contributed by atoms with E-state index in [1.54, 1.807) is 0 Å². The van der Waals surface area contributed by atoms with E-state index in [1.165, 1.54) is 0 Å². The average molecular weight is 608 g/mol. The summed E-state index contributed by atoms with van der Waals surface area (Å²) in [6, 6.07) is 0. The number of hydrogen-bond donors (Lipinski definition) is 2. The first-order chi connectivity index (χ1) is 16.1. The van der Waals surface area contributed by atoms with Crippen molar-refractivity contribution in [3.63, 3.8) is 0 Å². The zero-order chi connectivity index (χ0) is 32.9. The highest BCUT2D eigenvalue weighted by molar-refractivity contribution is 5.74. The maximum absolute atomic E-state index is 11.2. The lowest BCUT2D eigenvalue weighted by molar-refractivity contribution is -0.161. The molecular weight excluding hydrogens is 568 g/mol. The molecule has 0 aliphatic heterocycles. The maximum atomic E-state index is 11.2. The van der Waals surface area contributed by atoms with Crippen LogP contribution in [0.3, 0.4) is 0 Å². The van der Waals surface area contributed by atoms with Gasteiger partial charge in [0, 0.05) is 30.5 Å². The van der Waals surface area contributed by atoms with Gasteiger partial charge in [-0.15, -0.1) is 0 Å².